The lowest BCUT2D eigenvalue weighted by atomic mass is 10.3. The number of amides is 1. The molecule has 0 fully saturated rings. The zero-order valence-corrected chi connectivity index (χ0v) is 9.62. The number of carbonyl (C=O) groups is 1. The zero-order chi connectivity index (χ0) is 11.8. The second-order valence-electron chi connectivity index (χ2n) is 3.21. The van der Waals surface area contributed by atoms with Gasteiger partial charge in [0.2, 0.25) is 5.91 Å². The molecule has 0 saturated heterocycles. The number of anilines is 1. The second kappa shape index (κ2) is 6.66. The molecule has 1 heterocycles. The first-order valence-electron chi connectivity index (χ1n) is 5.27. The Morgan fingerprint density at radius 2 is 2.31 bits per heavy atom. The van der Waals surface area contributed by atoms with Crippen LogP contribution in [0.2, 0.25) is 0 Å². The van der Waals surface area contributed by atoms with Gasteiger partial charge in [0.1, 0.15) is 11.6 Å². The molecule has 5 nitrogen and oxygen atoms in total. The van der Waals surface area contributed by atoms with Crippen molar-refractivity contribution < 1.29 is 9.53 Å². The lowest BCUT2D eigenvalue weighted by Crippen LogP contribution is -2.24. The summed E-state index contributed by atoms with van der Waals surface area (Å²) in [4.78, 5) is 15.3. The number of carbonyl (C=O) groups excluding carboxylic acids is 1. The SMILES string of the molecule is CCNC(=O)CCNc1ccc(OC)cn1. The molecule has 0 saturated carbocycles. The normalized spacial score (nSPS) is 9.62. The number of rotatable bonds is 6. The highest BCUT2D eigenvalue weighted by molar-refractivity contribution is 5.76. The molecule has 0 unspecified atom stereocenters. The topological polar surface area (TPSA) is 63.2 Å². The Morgan fingerprint density at radius 3 is 2.88 bits per heavy atom. The van der Waals surface area contributed by atoms with Gasteiger partial charge >= 0.3 is 0 Å². The Bertz CT molecular complexity index is 325. The van der Waals surface area contributed by atoms with E-state index in [4.69, 9.17) is 4.74 Å². The van der Waals surface area contributed by atoms with Gasteiger partial charge in [0, 0.05) is 19.5 Å². The van der Waals surface area contributed by atoms with E-state index in [2.05, 4.69) is 15.6 Å². The summed E-state index contributed by atoms with van der Waals surface area (Å²) in [5, 5.41) is 5.79. The average molecular weight is 223 g/mol. The summed E-state index contributed by atoms with van der Waals surface area (Å²) in [6.45, 7) is 3.14. The largest absolute Gasteiger partial charge is 0.495 e. The van der Waals surface area contributed by atoms with Gasteiger partial charge in [-0.15, -0.1) is 0 Å². The third kappa shape index (κ3) is 4.16. The number of aromatic nitrogens is 1. The number of pyridine rings is 1. The third-order valence-electron chi connectivity index (χ3n) is 2.00. The van der Waals surface area contributed by atoms with Crippen LogP contribution in [0, 0.1) is 0 Å². The maximum absolute atomic E-state index is 11.1. The predicted octanol–water partition coefficient (Wildman–Crippen LogP) is 1.03. The summed E-state index contributed by atoms with van der Waals surface area (Å²) in [5.41, 5.74) is 0. The van der Waals surface area contributed by atoms with Crippen molar-refractivity contribution in [2.24, 2.45) is 0 Å². The highest BCUT2D eigenvalue weighted by Crippen LogP contribution is 2.10. The summed E-state index contributed by atoms with van der Waals surface area (Å²) in [6, 6.07) is 3.64. The molecule has 5 heteroatoms. The van der Waals surface area contributed by atoms with Gasteiger partial charge in [0.25, 0.3) is 0 Å². The van der Waals surface area contributed by atoms with Gasteiger partial charge in [-0.05, 0) is 19.1 Å². The van der Waals surface area contributed by atoms with Crippen LogP contribution in [0.3, 0.4) is 0 Å². The number of nitrogens with one attached hydrogen (secondary N) is 2. The van der Waals surface area contributed by atoms with Crippen LogP contribution in [0.25, 0.3) is 0 Å². The molecule has 0 aliphatic rings. The van der Waals surface area contributed by atoms with Crippen molar-refractivity contribution in [3.63, 3.8) is 0 Å². The van der Waals surface area contributed by atoms with E-state index in [1.54, 1.807) is 13.3 Å². The van der Waals surface area contributed by atoms with E-state index < -0.39 is 0 Å². The maximum Gasteiger partial charge on any atom is 0.221 e. The quantitative estimate of drug-likeness (QED) is 0.756. The molecule has 0 bridgehead atoms. The number of methoxy groups -OCH3 is 1. The van der Waals surface area contributed by atoms with Gasteiger partial charge in [-0.1, -0.05) is 0 Å². The van der Waals surface area contributed by atoms with Crippen LogP contribution in [0.15, 0.2) is 18.3 Å². The molecule has 1 aromatic heterocycles. The van der Waals surface area contributed by atoms with Crippen LogP contribution in [0.4, 0.5) is 5.82 Å². The van der Waals surface area contributed by atoms with Crippen LogP contribution < -0.4 is 15.4 Å². The van der Waals surface area contributed by atoms with Crippen LogP contribution in [0.1, 0.15) is 13.3 Å². The molecule has 0 aliphatic carbocycles. The summed E-state index contributed by atoms with van der Waals surface area (Å²) in [7, 11) is 1.60. The molecule has 0 aliphatic heterocycles. The molecule has 0 atom stereocenters. The van der Waals surface area contributed by atoms with Crippen LogP contribution in [0.5, 0.6) is 5.75 Å². The maximum atomic E-state index is 11.1. The minimum Gasteiger partial charge on any atom is -0.495 e. The smallest absolute Gasteiger partial charge is 0.221 e. The lowest BCUT2D eigenvalue weighted by molar-refractivity contribution is -0.120. The van der Waals surface area contributed by atoms with E-state index >= 15 is 0 Å². The van der Waals surface area contributed by atoms with Crippen molar-refractivity contribution in [1.82, 2.24) is 10.3 Å². The highest BCUT2D eigenvalue weighted by atomic mass is 16.5. The van der Waals surface area contributed by atoms with Crippen molar-refractivity contribution in [3.8, 4) is 5.75 Å². The standard InChI is InChI=1S/C11H17N3O2/c1-3-12-11(15)6-7-13-10-5-4-9(16-2)8-14-10/h4-5,8H,3,6-7H2,1-2H3,(H,12,15)(H,13,14). The van der Waals surface area contributed by atoms with Crippen molar-refractivity contribution >= 4 is 11.7 Å². The van der Waals surface area contributed by atoms with Crippen LogP contribution >= 0.6 is 0 Å². The first-order valence-corrected chi connectivity index (χ1v) is 5.27. The molecule has 16 heavy (non-hydrogen) atoms. The molecule has 0 aromatic carbocycles. The van der Waals surface area contributed by atoms with E-state index in [0.717, 1.165) is 5.82 Å². The fourth-order valence-corrected chi connectivity index (χ4v) is 1.20. The second-order valence-corrected chi connectivity index (χ2v) is 3.21. The van der Waals surface area contributed by atoms with E-state index in [9.17, 15) is 4.79 Å². The fourth-order valence-electron chi connectivity index (χ4n) is 1.20. The molecular formula is C11H17N3O2. The number of nitrogens with zero attached hydrogens (tertiary/aromatic N) is 1. The highest BCUT2D eigenvalue weighted by Gasteiger charge is 1.99. The van der Waals surface area contributed by atoms with E-state index in [-0.39, 0.29) is 5.91 Å². The van der Waals surface area contributed by atoms with Gasteiger partial charge in [-0.3, -0.25) is 4.79 Å². The minimum atomic E-state index is 0.0449. The van der Waals surface area contributed by atoms with Crippen molar-refractivity contribution in [2.75, 3.05) is 25.5 Å². The zero-order valence-electron chi connectivity index (χ0n) is 9.62. The van der Waals surface area contributed by atoms with Crippen molar-refractivity contribution in [1.29, 1.82) is 0 Å². The molecule has 1 amide bonds. The van der Waals surface area contributed by atoms with Crippen LogP contribution in [-0.2, 0) is 4.79 Å². The molecular weight excluding hydrogens is 206 g/mol. The number of hydrogen-bond acceptors (Lipinski definition) is 4. The first-order chi connectivity index (χ1) is 7.76. The van der Waals surface area contributed by atoms with Gasteiger partial charge in [-0.2, -0.15) is 0 Å². The third-order valence-corrected chi connectivity index (χ3v) is 2.00. The summed E-state index contributed by atoms with van der Waals surface area (Å²) < 4.78 is 4.99. The molecule has 0 spiro atoms. The molecule has 2 N–H and O–H groups in total. The Hall–Kier alpha value is -1.78. The summed E-state index contributed by atoms with van der Waals surface area (Å²) in [6.07, 6.45) is 2.08. The van der Waals surface area contributed by atoms with Gasteiger partial charge in [-0.25, -0.2) is 4.98 Å². The van der Waals surface area contributed by atoms with E-state index in [1.807, 2.05) is 19.1 Å². The first kappa shape index (κ1) is 12.3. The molecule has 1 aromatic rings. The molecule has 0 radical (unpaired) electrons. The minimum absolute atomic E-state index is 0.0449. The van der Waals surface area contributed by atoms with E-state index in [0.29, 0.717) is 25.3 Å². The number of ether oxygens (including phenoxy) is 1. The Kier molecular flexibility index (Phi) is 5.11. The van der Waals surface area contributed by atoms with E-state index in [1.165, 1.54) is 0 Å². The molecule has 1 rings (SSSR count). The average Bonchev–Trinajstić information content (AvgIpc) is 2.30. The van der Waals surface area contributed by atoms with Gasteiger partial charge in [0.05, 0.1) is 13.3 Å². The number of hydrogen-bond donors (Lipinski definition) is 2. The van der Waals surface area contributed by atoms with Gasteiger partial charge in [0.15, 0.2) is 0 Å². The monoisotopic (exact) mass is 223 g/mol. The molecule has 88 valence electrons. The fraction of sp³-hybridized carbons (Fsp3) is 0.455. The van der Waals surface area contributed by atoms with Gasteiger partial charge < -0.3 is 15.4 Å². The predicted molar refractivity (Wildman–Crippen MR) is 62.6 cm³/mol. The lowest BCUT2D eigenvalue weighted by Gasteiger charge is -2.06. The summed E-state index contributed by atoms with van der Waals surface area (Å²) in [5.74, 6) is 1.50. The Morgan fingerprint density at radius 1 is 1.50 bits per heavy atom. The summed E-state index contributed by atoms with van der Waals surface area (Å²) >= 11 is 0. The Balaban J connectivity index is 2.29. The van der Waals surface area contributed by atoms with Crippen molar-refractivity contribution in [3.05, 3.63) is 18.3 Å². The Labute approximate surface area is 95.2 Å². The van der Waals surface area contributed by atoms with Crippen molar-refractivity contribution in [2.45, 2.75) is 13.3 Å². The van der Waals surface area contributed by atoms with Crippen LogP contribution in [-0.4, -0.2) is 31.1 Å².